The zero-order chi connectivity index (χ0) is 20.8. The van der Waals surface area contributed by atoms with Gasteiger partial charge in [-0.3, -0.25) is 9.59 Å². The first-order valence-electron chi connectivity index (χ1n) is 9.91. The quantitative estimate of drug-likeness (QED) is 0.772. The van der Waals surface area contributed by atoms with Crippen LogP contribution < -0.4 is 15.0 Å². The number of hydrogen-bond acceptors (Lipinski definition) is 5. The minimum Gasteiger partial charge on any atom is -0.493 e. The van der Waals surface area contributed by atoms with E-state index in [0.717, 1.165) is 37.3 Å². The second kappa shape index (κ2) is 9.60. The summed E-state index contributed by atoms with van der Waals surface area (Å²) in [5.41, 5.74) is 1.05. The number of rotatable bonds is 7. The van der Waals surface area contributed by atoms with E-state index in [-0.39, 0.29) is 23.1 Å². The molecule has 3 rings (SSSR count). The van der Waals surface area contributed by atoms with Gasteiger partial charge in [-0.25, -0.2) is 0 Å². The number of likely N-dealkylation sites (tertiary alicyclic amines) is 1. The van der Waals surface area contributed by atoms with E-state index in [4.69, 9.17) is 9.47 Å². The summed E-state index contributed by atoms with van der Waals surface area (Å²) in [5.74, 6) is 1.27. The molecule has 156 valence electrons. The molecule has 2 aromatic rings. The predicted molar refractivity (Wildman–Crippen MR) is 112 cm³/mol. The summed E-state index contributed by atoms with van der Waals surface area (Å²) in [7, 11) is 5.36. The highest BCUT2D eigenvalue weighted by Gasteiger charge is 2.27. The number of ether oxygens (including phenoxy) is 2. The summed E-state index contributed by atoms with van der Waals surface area (Å²) in [6.45, 7) is 2.19. The van der Waals surface area contributed by atoms with E-state index in [9.17, 15) is 9.59 Å². The van der Waals surface area contributed by atoms with E-state index in [1.54, 1.807) is 37.4 Å². The molecular formula is C22H29N3O4. The molecule has 1 aromatic carbocycles. The first-order chi connectivity index (χ1) is 14.0. The second-order valence-corrected chi connectivity index (χ2v) is 7.38. The Balaban J connectivity index is 1.60. The molecule has 0 saturated carbocycles. The van der Waals surface area contributed by atoms with E-state index in [0.29, 0.717) is 13.1 Å². The molecule has 1 aliphatic heterocycles. The average Bonchev–Trinajstić information content (AvgIpc) is 2.77. The molecule has 29 heavy (non-hydrogen) atoms. The van der Waals surface area contributed by atoms with Crippen LogP contribution in [-0.2, 0) is 6.42 Å². The number of likely N-dealkylation sites (N-methyl/N-ethyl adjacent to an activating group) is 1. The molecule has 2 heterocycles. The number of piperidine rings is 1. The number of carbonyl (C=O) groups is 1. The Morgan fingerprint density at radius 1 is 1.24 bits per heavy atom. The van der Waals surface area contributed by atoms with Crippen LogP contribution in [0.5, 0.6) is 11.5 Å². The Hall–Kier alpha value is -2.80. The van der Waals surface area contributed by atoms with Gasteiger partial charge >= 0.3 is 0 Å². The fraction of sp³-hybridized carbons (Fsp3) is 0.455. The Morgan fingerprint density at radius 3 is 2.76 bits per heavy atom. The Kier molecular flexibility index (Phi) is 6.93. The van der Waals surface area contributed by atoms with Gasteiger partial charge in [-0.2, -0.15) is 0 Å². The molecule has 1 saturated heterocycles. The van der Waals surface area contributed by atoms with E-state index < -0.39 is 0 Å². The first kappa shape index (κ1) is 20.9. The van der Waals surface area contributed by atoms with Crippen molar-refractivity contribution < 1.29 is 14.3 Å². The summed E-state index contributed by atoms with van der Waals surface area (Å²) < 4.78 is 10.7. The number of pyridine rings is 1. The van der Waals surface area contributed by atoms with Gasteiger partial charge in [0.1, 0.15) is 5.56 Å². The van der Waals surface area contributed by atoms with E-state index in [1.165, 1.54) is 5.56 Å². The van der Waals surface area contributed by atoms with Crippen molar-refractivity contribution in [1.82, 2.24) is 14.8 Å². The molecule has 1 aromatic heterocycles. The predicted octanol–water partition coefficient (Wildman–Crippen LogP) is 2.17. The van der Waals surface area contributed by atoms with E-state index in [1.807, 2.05) is 18.2 Å². The Labute approximate surface area is 171 Å². The second-order valence-electron chi connectivity index (χ2n) is 7.38. The zero-order valence-corrected chi connectivity index (χ0v) is 17.3. The number of benzene rings is 1. The van der Waals surface area contributed by atoms with Crippen molar-refractivity contribution in [3.8, 4) is 11.5 Å². The molecule has 0 bridgehead atoms. The lowest BCUT2D eigenvalue weighted by molar-refractivity contribution is 0.0610. The lowest BCUT2D eigenvalue weighted by atomic mass is 10.0. The third-order valence-corrected chi connectivity index (χ3v) is 5.56. The SMILES string of the molecule is COc1ccc(CCN(C)[C@H]2CCCN(C(=O)c3ccc[nH]c3=O)C2)cc1OC. The molecule has 0 radical (unpaired) electrons. The first-order valence-corrected chi connectivity index (χ1v) is 9.91. The molecule has 1 aliphatic rings. The van der Waals surface area contributed by atoms with Crippen LogP contribution in [0.1, 0.15) is 28.8 Å². The lowest BCUT2D eigenvalue weighted by Gasteiger charge is -2.37. The number of nitrogens with one attached hydrogen (secondary N) is 1. The standard InChI is InChI=1S/C22H29N3O4/c1-24(13-10-16-8-9-19(28-2)20(14-16)29-3)17-6-5-12-25(15-17)22(27)18-7-4-11-23-21(18)26/h4,7-9,11,14,17H,5-6,10,12-13,15H2,1-3H3,(H,23,26)/t17-/m0/s1. The van der Waals surface area contributed by atoms with Crippen molar-refractivity contribution in [2.75, 3.05) is 40.9 Å². The van der Waals surface area contributed by atoms with Gasteiger partial charge in [0, 0.05) is 31.9 Å². The Bertz CT molecular complexity index is 896. The minimum absolute atomic E-state index is 0.190. The topological polar surface area (TPSA) is 74.9 Å². The van der Waals surface area contributed by atoms with Crippen molar-refractivity contribution in [2.24, 2.45) is 0 Å². The fourth-order valence-electron chi connectivity index (χ4n) is 3.78. The number of nitrogens with zero attached hydrogens (tertiary/aromatic N) is 2. The van der Waals surface area contributed by atoms with Crippen LogP contribution in [0.4, 0.5) is 0 Å². The van der Waals surface area contributed by atoms with Gasteiger partial charge in [0.25, 0.3) is 11.5 Å². The van der Waals surface area contributed by atoms with Gasteiger partial charge in [0.15, 0.2) is 11.5 Å². The number of carbonyl (C=O) groups excluding carboxylic acids is 1. The minimum atomic E-state index is -0.332. The maximum Gasteiger partial charge on any atom is 0.260 e. The van der Waals surface area contributed by atoms with Gasteiger partial charge in [0.05, 0.1) is 14.2 Å². The highest BCUT2D eigenvalue weighted by molar-refractivity contribution is 5.93. The van der Waals surface area contributed by atoms with E-state index in [2.05, 4.69) is 16.9 Å². The molecular weight excluding hydrogens is 370 g/mol. The summed E-state index contributed by atoms with van der Waals surface area (Å²) in [5, 5.41) is 0. The van der Waals surface area contributed by atoms with Crippen LogP contribution in [0.15, 0.2) is 41.3 Å². The van der Waals surface area contributed by atoms with Crippen LogP contribution in [0.2, 0.25) is 0 Å². The summed E-state index contributed by atoms with van der Waals surface area (Å²) in [6.07, 6.45) is 4.39. The van der Waals surface area contributed by atoms with Crippen LogP contribution >= 0.6 is 0 Å². The monoisotopic (exact) mass is 399 g/mol. The van der Waals surface area contributed by atoms with Crippen LogP contribution in [-0.4, -0.2) is 67.6 Å². The van der Waals surface area contributed by atoms with Crippen molar-refractivity contribution in [2.45, 2.75) is 25.3 Å². The maximum atomic E-state index is 12.8. The lowest BCUT2D eigenvalue weighted by Crippen LogP contribution is -2.49. The number of aromatic nitrogens is 1. The summed E-state index contributed by atoms with van der Waals surface area (Å²) in [6, 6.07) is 9.53. The highest BCUT2D eigenvalue weighted by atomic mass is 16.5. The highest BCUT2D eigenvalue weighted by Crippen LogP contribution is 2.28. The number of amides is 1. The van der Waals surface area contributed by atoms with Gasteiger partial charge in [0.2, 0.25) is 0 Å². The van der Waals surface area contributed by atoms with Crippen molar-refractivity contribution >= 4 is 5.91 Å². The van der Waals surface area contributed by atoms with Crippen LogP contribution in [0.25, 0.3) is 0 Å². The molecule has 0 aliphatic carbocycles. The molecule has 1 atom stereocenters. The largest absolute Gasteiger partial charge is 0.493 e. The molecule has 1 amide bonds. The summed E-state index contributed by atoms with van der Waals surface area (Å²) >= 11 is 0. The molecule has 0 spiro atoms. The Morgan fingerprint density at radius 2 is 2.03 bits per heavy atom. The molecule has 1 N–H and O–H groups in total. The summed E-state index contributed by atoms with van der Waals surface area (Å²) in [4.78, 5) is 31.4. The van der Waals surface area contributed by atoms with Gasteiger partial charge in [-0.05, 0) is 56.1 Å². The van der Waals surface area contributed by atoms with Crippen molar-refractivity contribution in [3.05, 3.63) is 58.0 Å². The average molecular weight is 399 g/mol. The third-order valence-electron chi connectivity index (χ3n) is 5.56. The molecule has 7 heteroatoms. The maximum absolute atomic E-state index is 12.8. The number of methoxy groups -OCH3 is 2. The van der Waals surface area contributed by atoms with Crippen molar-refractivity contribution in [3.63, 3.8) is 0 Å². The fourth-order valence-corrected chi connectivity index (χ4v) is 3.78. The van der Waals surface area contributed by atoms with Crippen molar-refractivity contribution in [1.29, 1.82) is 0 Å². The number of hydrogen-bond donors (Lipinski definition) is 1. The number of H-pyrrole nitrogens is 1. The van der Waals surface area contributed by atoms with Gasteiger partial charge in [-0.15, -0.1) is 0 Å². The van der Waals surface area contributed by atoms with E-state index >= 15 is 0 Å². The molecule has 7 nitrogen and oxygen atoms in total. The van der Waals surface area contributed by atoms with Gasteiger partial charge < -0.3 is 24.3 Å². The normalized spacial score (nSPS) is 16.7. The van der Waals surface area contributed by atoms with Crippen LogP contribution in [0, 0.1) is 0 Å². The number of aromatic amines is 1. The molecule has 1 fully saturated rings. The third kappa shape index (κ3) is 4.98. The smallest absolute Gasteiger partial charge is 0.260 e. The van der Waals surface area contributed by atoms with Crippen LogP contribution in [0.3, 0.4) is 0 Å². The van der Waals surface area contributed by atoms with Gasteiger partial charge in [-0.1, -0.05) is 6.07 Å². The molecule has 0 unspecified atom stereocenters. The zero-order valence-electron chi connectivity index (χ0n) is 17.3.